The normalized spacial score (nSPS) is 10.5. The van der Waals surface area contributed by atoms with Crippen LogP contribution in [0.3, 0.4) is 0 Å². The van der Waals surface area contributed by atoms with Crippen LogP contribution in [0.1, 0.15) is 29.4 Å². The third kappa shape index (κ3) is 4.71. The number of methoxy groups -OCH3 is 1. The number of aryl methyl sites for hydroxylation is 1. The van der Waals surface area contributed by atoms with Gasteiger partial charge in [0.15, 0.2) is 0 Å². The summed E-state index contributed by atoms with van der Waals surface area (Å²) in [4.78, 5) is 23.8. The summed E-state index contributed by atoms with van der Waals surface area (Å²) >= 11 is 0. The van der Waals surface area contributed by atoms with Crippen LogP contribution >= 0.6 is 0 Å². The maximum atomic E-state index is 11.9. The van der Waals surface area contributed by atoms with Crippen LogP contribution in [0.4, 0.5) is 0 Å². The molecule has 0 saturated carbocycles. The van der Waals surface area contributed by atoms with Crippen LogP contribution < -0.4 is 10.1 Å². The van der Waals surface area contributed by atoms with Crippen LogP contribution in [-0.2, 0) is 16.0 Å². The fraction of sp³-hybridized carbons (Fsp3) is 0.250. The molecule has 6 heteroatoms. The first-order valence-corrected chi connectivity index (χ1v) is 9.90. The second-order valence-electron chi connectivity index (χ2n) is 6.70. The molecule has 0 saturated heterocycles. The molecular formula is C24H26N2O4. The molecule has 0 atom stereocenters. The standard InChI is InChI=1S/C24H26N2O4/c1-4-30-23(27)16-12-20-11-15-22(17-7-13-21(29-3)14-8-17)26(20)19-9-5-18(6-10-19)24(28)25-2/h5-11,13-15H,4,12,16H2,1-3H3,(H,25,28). The number of carbonyl (C=O) groups excluding carboxylic acids is 2. The van der Waals surface area contributed by atoms with Crippen molar-refractivity contribution < 1.29 is 19.1 Å². The zero-order valence-corrected chi connectivity index (χ0v) is 17.5. The monoisotopic (exact) mass is 406 g/mol. The van der Waals surface area contributed by atoms with Crippen LogP contribution in [-0.4, -0.2) is 37.2 Å². The first-order chi connectivity index (χ1) is 14.6. The van der Waals surface area contributed by atoms with E-state index in [0.717, 1.165) is 28.4 Å². The first-order valence-electron chi connectivity index (χ1n) is 9.90. The summed E-state index contributed by atoms with van der Waals surface area (Å²) in [6, 6.07) is 19.3. The number of nitrogens with one attached hydrogen (secondary N) is 1. The highest BCUT2D eigenvalue weighted by Crippen LogP contribution is 2.29. The Hall–Kier alpha value is -3.54. The van der Waals surface area contributed by atoms with Gasteiger partial charge < -0.3 is 19.4 Å². The molecule has 1 amide bonds. The summed E-state index contributed by atoms with van der Waals surface area (Å²) in [7, 11) is 3.25. The molecule has 156 valence electrons. The Morgan fingerprint density at radius 2 is 1.67 bits per heavy atom. The van der Waals surface area contributed by atoms with Gasteiger partial charge in [-0.05, 0) is 79.6 Å². The predicted molar refractivity (Wildman–Crippen MR) is 116 cm³/mol. The number of carbonyl (C=O) groups is 2. The van der Waals surface area contributed by atoms with Crippen LogP contribution in [0.25, 0.3) is 16.9 Å². The van der Waals surface area contributed by atoms with Crippen LogP contribution in [0, 0.1) is 0 Å². The SMILES string of the molecule is CCOC(=O)CCc1ccc(-c2ccc(OC)cc2)n1-c1ccc(C(=O)NC)cc1. The van der Waals surface area contributed by atoms with E-state index in [1.54, 1.807) is 33.2 Å². The molecule has 2 aromatic carbocycles. The van der Waals surface area contributed by atoms with E-state index in [-0.39, 0.29) is 11.9 Å². The third-order valence-corrected chi connectivity index (χ3v) is 4.85. The van der Waals surface area contributed by atoms with Gasteiger partial charge in [-0.3, -0.25) is 9.59 Å². The van der Waals surface area contributed by atoms with Crippen molar-refractivity contribution in [3.8, 4) is 22.7 Å². The van der Waals surface area contributed by atoms with Crippen molar-refractivity contribution in [3.05, 3.63) is 71.9 Å². The topological polar surface area (TPSA) is 69.6 Å². The van der Waals surface area contributed by atoms with E-state index >= 15 is 0 Å². The lowest BCUT2D eigenvalue weighted by molar-refractivity contribution is -0.143. The summed E-state index contributed by atoms with van der Waals surface area (Å²) in [6.07, 6.45) is 0.850. The summed E-state index contributed by atoms with van der Waals surface area (Å²) in [5.74, 6) is 0.438. The van der Waals surface area contributed by atoms with Gasteiger partial charge in [-0.2, -0.15) is 0 Å². The Bertz CT molecular complexity index is 1000. The molecule has 0 aliphatic heterocycles. The van der Waals surface area contributed by atoms with Crippen LogP contribution in [0.15, 0.2) is 60.7 Å². The number of hydrogen-bond acceptors (Lipinski definition) is 4. The minimum atomic E-state index is -0.216. The molecule has 0 unspecified atom stereocenters. The Labute approximate surface area is 176 Å². The van der Waals surface area contributed by atoms with E-state index < -0.39 is 0 Å². The van der Waals surface area contributed by atoms with Crippen molar-refractivity contribution in [3.63, 3.8) is 0 Å². The molecule has 0 aliphatic rings. The molecule has 0 spiro atoms. The number of hydrogen-bond donors (Lipinski definition) is 1. The first kappa shape index (κ1) is 21.2. The van der Waals surface area contributed by atoms with Crippen LogP contribution in [0.2, 0.25) is 0 Å². The summed E-state index contributed by atoms with van der Waals surface area (Å²) in [5.41, 5.74) is 4.50. The van der Waals surface area contributed by atoms with Gasteiger partial charge in [-0.1, -0.05) is 0 Å². The van der Waals surface area contributed by atoms with Gasteiger partial charge >= 0.3 is 5.97 Å². The van der Waals surface area contributed by atoms with Gasteiger partial charge in [0.1, 0.15) is 5.75 Å². The second kappa shape index (κ2) is 9.78. The number of rotatable bonds is 8. The van der Waals surface area contributed by atoms with Crippen molar-refractivity contribution in [1.82, 2.24) is 9.88 Å². The maximum Gasteiger partial charge on any atom is 0.306 e. The molecule has 30 heavy (non-hydrogen) atoms. The highest BCUT2D eigenvalue weighted by molar-refractivity contribution is 5.94. The van der Waals surface area contributed by atoms with E-state index in [0.29, 0.717) is 25.0 Å². The van der Waals surface area contributed by atoms with Crippen molar-refractivity contribution in [2.24, 2.45) is 0 Å². The minimum absolute atomic E-state index is 0.132. The van der Waals surface area contributed by atoms with Gasteiger partial charge in [0, 0.05) is 24.0 Å². The number of benzene rings is 2. The van der Waals surface area contributed by atoms with Crippen LogP contribution in [0.5, 0.6) is 5.75 Å². The summed E-state index contributed by atoms with van der Waals surface area (Å²) < 4.78 is 12.4. The van der Waals surface area contributed by atoms with Crippen molar-refractivity contribution in [2.75, 3.05) is 20.8 Å². The molecule has 0 radical (unpaired) electrons. The Kier molecular flexibility index (Phi) is 6.91. The molecule has 0 aliphatic carbocycles. The van der Waals surface area contributed by atoms with E-state index in [2.05, 4.69) is 9.88 Å². The summed E-state index contributed by atoms with van der Waals surface area (Å²) in [6.45, 7) is 2.17. The molecule has 3 rings (SSSR count). The second-order valence-corrected chi connectivity index (χ2v) is 6.70. The molecule has 0 fully saturated rings. The van der Waals surface area contributed by atoms with Gasteiger partial charge in [0.25, 0.3) is 5.91 Å². The zero-order valence-electron chi connectivity index (χ0n) is 17.5. The average molecular weight is 406 g/mol. The van der Waals surface area contributed by atoms with Gasteiger partial charge in [-0.25, -0.2) is 0 Å². The largest absolute Gasteiger partial charge is 0.497 e. The maximum absolute atomic E-state index is 11.9. The van der Waals surface area contributed by atoms with E-state index in [1.807, 2.05) is 48.5 Å². The molecule has 0 bridgehead atoms. The Morgan fingerprint density at radius 1 is 0.967 bits per heavy atom. The van der Waals surface area contributed by atoms with E-state index in [9.17, 15) is 9.59 Å². The van der Waals surface area contributed by atoms with Gasteiger partial charge in [0.05, 0.1) is 25.8 Å². The molecule has 1 heterocycles. The Morgan fingerprint density at radius 3 is 2.27 bits per heavy atom. The van der Waals surface area contributed by atoms with Gasteiger partial charge in [0.2, 0.25) is 0 Å². The molecule has 1 aromatic heterocycles. The summed E-state index contributed by atoms with van der Waals surface area (Å²) in [5, 5.41) is 2.63. The molecular weight excluding hydrogens is 380 g/mol. The highest BCUT2D eigenvalue weighted by atomic mass is 16.5. The fourth-order valence-corrected chi connectivity index (χ4v) is 3.34. The molecule has 6 nitrogen and oxygen atoms in total. The number of esters is 1. The number of ether oxygens (including phenoxy) is 2. The van der Waals surface area contributed by atoms with Crippen molar-refractivity contribution in [1.29, 1.82) is 0 Å². The highest BCUT2D eigenvalue weighted by Gasteiger charge is 2.14. The van der Waals surface area contributed by atoms with E-state index in [4.69, 9.17) is 9.47 Å². The fourth-order valence-electron chi connectivity index (χ4n) is 3.34. The van der Waals surface area contributed by atoms with Crippen molar-refractivity contribution >= 4 is 11.9 Å². The van der Waals surface area contributed by atoms with Gasteiger partial charge in [-0.15, -0.1) is 0 Å². The third-order valence-electron chi connectivity index (χ3n) is 4.85. The number of amides is 1. The van der Waals surface area contributed by atoms with Crippen molar-refractivity contribution in [2.45, 2.75) is 19.8 Å². The lowest BCUT2D eigenvalue weighted by atomic mass is 10.1. The predicted octanol–water partition coefficient (Wildman–Crippen LogP) is 4.01. The molecule has 3 aromatic rings. The van der Waals surface area contributed by atoms with E-state index in [1.165, 1.54) is 0 Å². The quantitative estimate of drug-likeness (QED) is 0.574. The minimum Gasteiger partial charge on any atom is -0.497 e. The number of aromatic nitrogens is 1. The lowest BCUT2D eigenvalue weighted by Crippen LogP contribution is -2.17. The molecule has 1 N–H and O–H groups in total. The average Bonchev–Trinajstić information content (AvgIpc) is 3.21. The zero-order chi connectivity index (χ0) is 21.5. The number of nitrogens with zero attached hydrogens (tertiary/aromatic N) is 1. The smallest absolute Gasteiger partial charge is 0.306 e. The lowest BCUT2D eigenvalue weighted by Gasteiger charge is -2.15. The Balaban J connectivity index is 2.00.